The van der Waals surface area contributed by atoms with Crippen LogP contribution < -0.4 is 9.80 Å². The van der Waals surface area contributed by atoms with Crippen LogP contribution in [-0.2, 0) is 17.8 Å². The van der Waals surface area contributed by atoms with Crippen molar-refractivity contribution in [3.05, 3.63) is 72.8 Å². The molecule has 6 nitrogen and oxygen atoms in total. The Hall–Kier alpha value is -3.41. The van der Waals surface area contributed by atoms with Crippen LogP contribution >= 0.6 is 0 Å². The molecule has 4 heterocycles. The van der Waals surface area contributed by atoms with Crippen LogP contribution in [0.25, 0.3) is 10.8 Å². The number of piperazine rings is 1. The number of benzene rings is 1. The Morgan fingerprint density at radius 3 is 2.63 bits per heavy atom. The number of hydrogen-bond donors (Lipinski definition) is 0. The number of hydrogen-bond acceptors (Lipinski definition) is 5. The molecule has 0 saturated carbocycles. The first kappa shape index (κ1) is 18.6. The molecule has 0 bridgehead atoms. The third-order valence-corrected chi connectivity index (χ3v) is 6.19. The molecule has 6 heteroatoms. The molecule has 3 aromatic rings. The predicted molar refractivity (Wildman–Crippen MR) is 120 cm³/mol. The molecule has 2 aliphatic heterocycles. The number of anilines is 2. The van der Waals surface area contributed by atoms with Gasteiger partial charge in [-0.25, -0.2) is 0 Å². The maximum absolute atomic E-state index is 11.9. The van der Waals surface area contributed by atoms with Crippen LogP contribution in [-0.4, -0.2) is 53.5 Å². The van der Waals surface area contributed by atoms with Gasteiger partial charge in [0.15, 0.2) is 0 Å². The van der Waals surface area contributed by atoms with Gasteiger partial charge in [-0.15, -0.1) is 0 Å². The number of fused-ring (bicyclic) bond motifs is 2. The van der Waals surface area contributed by atoms with Gasteiger partial charge >= 0.3 is 0 Å². The Morgan fingerprint density at radius 1 is 0.967 bits per heavy atom. The van der Waals surface area contributed by atoms with Crippen molar-refractivity contribution in [1.82, 2.24) is 14.9 Å². The molecule has 5 rings (SSSR count). The number of amides is 1. The zero-order valence-corrected chi connectivity index (χ0v) is 17.0. The maximum Gasteiger partial charge on any atom is 0.246 e. The molecule has 1 fully saturated rings. The first-order valence-corrected chi connectivity index (χ1v) is 10.5. The van der Waals surface area contributed by atoms with Crippen molar-refractivity contribution < 1.29 is 4.79 Å². The highest BCUT2D eigenvalue weighted by atomic mass is 16.2. The predicted octanol–water partition coefficient (Wildman–Crippen LogP) is 3.03. The smallest absolute Gasteiger partial charge is 0.246 e. The topological polar surface area (TPSA) is 52.6 Å². The van der Waals surface area contributed by atoms with Gasteiger partial charge in [-0.1, -0.05) is 30.8 Å². The summed E-state index contributed by atoms with van der Waals surface area (Å²) in [6, 6.07) is 10.5. The first-order valence-electron chi connectivity index (χ1n) is 10.5. The molecule has 2 aliphatic rings. The fraction of sp³-hybridized carbons (Fsp3) is 0.292. The summed E-state index contributed by atoms with van der Waals surface area (Å²) in [5.41, 5.74) is 4.91. The molecule has 152 valence electrons. The van der Waals surface area contributed by atoms with E-state index in [1.165, 1.54) is 28.4 Å². The van der Waals surface area contributed by atoms with Gasteiger partial charge in [0.2, 0.25) is 5.91 Å². The van der Waals surface area contributed by atoms with E-state index in [0.717, 1.165) is 56.8 Å². The van der Waals surface area contributed by atoms with E-state index in [1.54, 1.807) is 0 Å². The highest BCUT2D eigenvalue weighted by Crippen LogP contribution is 2.33. The van der Waals surface area contributed by atoms with Crippen LogP contribution in [0.4, 0.5) is 11.4 Å². The molecule has 1 saturated heterocycles. The van der Waals surface area contributed by atoms with E-state index in [9.17, 15) is 4.79 Å². The summed E-state index contributed by atoms with van der Waals surface area (Å²) in [6.45, 7) is 8.47. The fourth-order valence-corrected chi connectivity index (χ4v) is 4.59. The third kappa shape index (κ3) is 3.28. The lowest BCUT2D eigenvalue weighted by molar-refractivity contribution is -0.126. The van der Waals surface area contributed by atoms with Crippen LogP contribution in [0.1, 0.15) is 11.3 Å². The van der Waals surface area contributed by atoms with E-state index >= 15 is 0 Å². The van der Waals surface area contributed by atoms with Crippen molar-refractivity contribution in [2.75, 3.05) is 42.5 Å². The van der Waals surface area contributed by atoms with Crippen LogP contribution in [0, 0.1) is 0 Å². The summed E-state index contributed by atoms with van der Waals surface area (Å²) >= 11 is 0. The van der Waals surface area contributed by atoms with Gasteiger partial charge in [0, 0.05) is 67.1 Å². The van der Waals surface area contributed by atoms with Crippen molar-refractivity contribution >= 4 is 28.1 Å². The summed E-state index contributed by atoms with van der Waals surface area (Å²) in [4.78, 5) is 27.7. The maximum atomic E-state index is 11.9. The Balaban J connectivity index is 1.39. The minimum atomic E-state index is 0.0192. The number of rotatable bonds is 3. The average molecular weight is 399 g/mol. The number of carbonyl (C=O) groups is 1. The second-order valence-electron chi connectivity index (χ2n) is 7.82. The zero-order valence-electron chi connectivity index (χ0n) is 17.0. The van der Waals surface area contributed by atoms with Gasteiger partial charge in [-0.05, 0) is 18.6 Å². The van der Waals surface area contributed by atoms with E-state index in [4.69, 9.17) is 4.98 Å². The van der Waals surface area contributed by atoms with Crippen molar-refractivity contribution in [1.29, 1.82) is 0 Å². The van der Waals surface area contributed by atoms with E-state index in [1.807, 2.05) is 23.5 Å². The summed E-state index contributed by atoms with van der Waals surface area (Å²) < 4.78 is 0. The first-order chi connectivity index (χ1) is 14.7. The average Bonchev–Trinajstić information content (AvgIpc) is 2.82. The van der Waals surface area contributed by atoms with E-state index in [-0.39, 0.29) is 5.91 Å². The van der Waals surface area contributed by atoms with Gasteiger partial charge in [0.05, 0.1) is 24.1 Å². The molecule has 0 N–H and O–H groups in total. The fourth-order valence-electron chi connectivity index (χ4n) is 4.59. The third-order valence-electron chi connectivity index (χ3n) is 6.19. The molecule has 1 aromatic carbocycles. The minimum absolute atomic E-state index is 0.0192. The lowest BCUT2D eigenvalue weighted by Gasteiger charge is -2.38. The number of carbonyl (C=O) groups excluding carboxylic acids is 1. The largest absolute Gasteiger partial charge is 0.368 e. The second-order valence-corrected chi connectivity index (χ2v) is 7.82. The number of pyridine rings is 2. The van der Waals surface area contributed by atoms with Crippen molar-refractivity contribution in [2.24, 2.45) is 0 Å². The van der Waals surface area contributed by atoms with Gasteiger partial charge in [0.1, 0.15) is 0 Å². The molecule has 0 radical (unpaired) electrons. The van der Waals surface area contributed by atoms with Gasteiger partial charge in [-0.2, -0.15) is 0 Å². The van der Waals surface area contributed by atoms with Crippen LogP contribution in [0.5, 0.6) is 0 Å². The summed E-state index contributed by atoms with van der Waals surface area (Å²) in [7, 11) is 0. The summed E-state index contributed by atoms with van der Waals surface area (Å²) in [5.74, 6) is 0.0192. The van der Waals surface area contributed by atoms with Crippen molar-refractivity contribution in [3.63, 3.8) is 0 Å². The summed E-state index contributed by atoms with van der Waals surface area (Å²) in [6.07, 6.45) is 8.16. The van der Waals surface area contributed by atoms with Crippen LogP contribution in [0.3, 0.4) is 0 Å². The Bertz CT molecular complexity index is 1100. The molecule has 30 heavy (non-hydrogen) atoms. The zero-order chi connectivity index (χ0) is 20.5. The Kier molecular flexibility index (Phi) is 4.83. The van der Waals surface area contributed by atoms with E-state index in [0.29, 0.717) is 0 Å². The molecule has 2 aromatic heterocycles. The van der Waals surface area contributed by atoms with E-state index in [2.05, 4.69) is 51.7 Å². The summed E-state index contributed by atoms with van der Waals surface area (Å²) in [5, 5.41) is 2.39. The molecule has 0 aliphatic carbocycles. The molecule has 1 amide bonds. The monoisotopic (exact) mass is 399 g/mol. The van der Waals surface area contributed by atoms with E-state index < -0.39 is 0 Å². The lowest BCUT2D eigenvalue weighted by Crippen LogP contribution is -2.48. The normalized spacial score (nSPS) is 16.5. The van der Waals surface area contributed by atoms with Crippen molar-refractivity contribution in [3.8, 4) is 0 Å². The van der Waals surface area contributed by atoms with Crippen LogP contribution in [0.2, 0.25) is 0 Å². The molecule has 0 spiro atoms. The van der Waals surface area contributed by atoms with Gasteiger partial charge in [0.25, 0.3) is 0 Å². The Labute approximate surface area is 176 Å². The lowest BCUT2D eigenvalue weighted by atomic mass is 10.0. The number of aromatic nitrogens is 2. The van der Waals surface area contributed by atoms with Gasteiger partial charge < -0.3 is 14.7 Å². The Morgan fingerprint density at radius 2 is 1.80 bits per heavy atom. The quantitative estimate of drug-likeness (QED) is 0.634. The SMILES string of the molecule is C=CC(=O)N1CCN(c2ccnc3c2CCN(c2cncc4ccccc24)C3)CC1. The highest BCUT2D eigenvalue weighted by Gasteiger charge is 2.26. The highest BCUT2D eigenvalue weighted by molar-refractivity contribution is 5.93. The second kappa shape index (κ2) is 7.78. The standard InChI is InChI=1S/C24H25N5O/c1-2-24(30)28-13-11-27(12-14-28)22-7-9-26-21-17-29(10-8-20(21)22)23-16-25-15-18-5-3-4-6-19(18)23/h2-7,9,15-16H,1,8,10-14,17H2. The van der Waals surface area contributed by atoms with Crippen molar-refractivity contribution in [2.45, 2.75) is 13.0 Å². The molecule has 0 atom stereocenters. The van der Waals surface area contributed by atoms with Crippen LogP contribution in [0.15, 0.2) is 61.6 Å². The van der Waals surface area contributed by atoms with Gasteiger partial charge in [-0.3, -0.25) is 14.8 Å². The molecular weight excluding hydrogens is 374 g/mol. The molecule has 0 unspecified atom stereocenters. The minimum Gasteiger partial charge on any atom is -0.368 e. The number of nitrogens with zero attached hydrogens (tertiary/aromatic N) is 5. The molecular formula is C24H25N5O.